The lowest BCUT2D eigenvalue weighted by Crippen LogP contribution is -2.29. The Hall–Kier alpha value is -1.92. The molecule has 0 saturated carbocycles. The number of nitrogens with one attached hydrogen (secondary N) is 1. The third kappa shape index (κ3) is 2.07. The maximum atomic E-state index is 11.5. The highest BCUT2D eigenvalue weighted by Gasteiger charge is 2.28. The van der Waals surface area contributed by atoms with Crippen molar-refractivity contribution >= 4 is 11.9 Å². The van der Waals surface area contributed by atoms with E-state index < -0.39 is 18.2 Å². The molecule has 1 aromatic carbocycles. The van der Waals surface area contributed by atoms with E-state index in [4.69, 9.17) is 0 Å². The van der Waals surface area contributed by atoms with Crippen LogP contribution in [0.2, 0.25) is 0 Å². The Kier molecular flexibility index (Phi) is 3.31. The minimum absolute atomic E-state index is 0.230. The summed E-state index contributed by atoms with van der Waals surface area (Å²) in [4.78, 5) is 22.6. The third-order valence-corrected chi connectivity index (χ3v) is 2.90. The molecule has 2 rings (SSSR count). The molecular weight excluding hydrogens is 238 g/mol. The lowest BCUT2D eigenvalue weighted by molar-refractivity contribution is -0.156. The largest absolute Gasteiger partial charge is 0.467 e. The van der Waals surface area contributed by atoms with Crippen molar-refractivity contribution in [3.63, 3.8) is 0 Å². The van der Waals surface area contributed by atoms with Crippen molar-refractivity contribution in [3.05, 3.63) is 34.9 Å². The van der Waals surface area contributed by atoms with Crippen molar-refractivity contribution in [2.75, 3.05) is 7.11 Å². The van der Waals surface area contributed by atoms with Crippen LogP contribution in [0.25, 0.3) is 0 Å². The molecule has 6 nitrogen and oxygen atoms in total. The minimum Gasteiger partial charge on any atom is -0.467 e. The molecule has 0 aliphatic carbocycles. The van der Waals surface area contributed by atoms with Crippen LogP contribution >= 0.6 is 0 Å². The van der Waals surface area contributed by atoms with Gasteiger partial charge in [-0.2, -0.15) is 0 Å². The number of rotatable bonds is 3. The predicted molar refractivity (Wildman–Crippen MR) is 60.6 cm³/mol. The molecule has 0 bridgehead atoms. The van der Waals surface area contributed by atoms with E-state index >= 15 is 0 Å². The molecule has 0 saturated heterocycles. The molecule has 6 heteroatoms. The van der Waals surface area contributed by atoms with Crippen molar-refractivity contribution < 1.29 is 24.5 Å². The van der Waals surface area contributed by atoms with Gasteiger partial charge in [0.1, 0.15) is 6.10 Å². The maximum Gasteiger partial charge on any atom is 0.337 e. The highest BCUT2D eigenvalue weighted by atomic mass is 16.5. The fraction of sp³-hybridized carbons (Fsp3) is 0.333. The monoisotopic (exact) mass is 251 g/mol. The van der Waals surface area contributed by atoms with E-state index in [0.29, 0.717) is 17.7 Å². The zero-order valence-electron chi connectivity index (χ0n) is 9.71. The van der Waals surface area contributed by atoms with Gasteiger partial charge in [-0.15, -0.1) is 0 Å². The Labute approximate surface area is 103 Å². The van der Waals surface area contributed by atoms with Crippen LogP contribution in [0.1, 0.15) is 27.6 Å². The van der Waals surface area contributed by atoms with Gasteiger partial charge in [-0.25, -0.2) is 4.79 Å². The lowest BCUT2D eigenvalue weighted by Gasteiger charge is -2.16. The van der Waals surface area contributed by atoms with E-state index in [0.717, 1.165) is 12.7 Å². The number of fused-ring (bicyclic) bond motifs is 1. The van der Waals surface area contributed by atoms with Gasteiger partial charge in [0.05, 0.1) is 7.11 Å². The summed E-state index contributed by atoms with van der Waals surface area (Å²) in [5.41, 5.74) is 1.57. The van der Waals surface area contributed by atoms with Gasteiger partial charge in [0, 0.05) is 12.1 Å². The van der Waals surface area contributed by atoms with Crippen molar-refractivity contribution in [1.29, 1.82) is 0 Å². The number of carbonyl (C=O) groups is 2. The molecule has 1 aliphatic rings. The van der Waals surface area contributed by atoms with Gasteiger partial charge >= 0.3 is 5.97 Å². The molecule has 0 fully saturated rings. The fourth-order valence-electron chi connectivity index (χ4n) is 1.85. The second kappa shape index (κ2) is 4.75. The topological polar surface area (TPSA) is 95.9 Å². The summed E-state index contributed by atoms with van der Waals surface area (Å²) in [5, 5.41) is 22.0. The molecule has 2 atom stereocenters. The van der Waals surface area contributed by atoms with Crippen LogP contribution in [0.4, 0.5) is 0 Å². The quantitative estimate of drug-likeness (QED) is 0.629. The first-order valence-electron chi connectivity index (χ1n) is 5.39. The van der Waals surface area contributed by atoms with Gasteiger partial charge < -0.3 is 20.3 Å². The summed E-state index contributed by atoms with van der Waals surface area (Å²) in [6.45, 7) is 0.449. The normalized spacial score (nSPS) is 16.7. The van der Waals surface area contributed by atoms with E-state index in [-0.39, 0.29) is 5.91 Å². The molecule has 0 spiro atoms. The molecule has 0 radical (unpaired) electrons. The second-order valence-electron chi connectivity index (χ2n) is 4.01. The van der Waals surface area contributed by atoms with Crippen LogP contribution in [0, 0.1) is 0 Å². The number of esters is 1. The molecule has 1 amide bonds. The molecule has 0 aromatic heterocycles. The number of hydrogen-bond acceptors (Lipinski definition) is 5. The number of ether oxygens (including phenoxy) is 1. The van der Waals surface area contributed by atoms with Crippen LogP contribution < -0.4 is 5.32 Å². The number of carbonyl (C=O) groups excluding carboxylic acids is 2. The Balaban J connectivity index is 2.27. The number of benzene rings is 1. The zero-order valence-corrected chi connectivity index (χ0v) is 9.71. The molecular formula is C12H13NO5. The van der Waals surface area contributed by atoms with Crippen LogP contribution in [-0.2, 0) is 16.1 Å². The van der Waals surface area contributed by atoms with E-state index in [1.807, 2.05) is 0 Å². The van der Waals surface area contributed by atoms with Crippen molar-refractivity contribution in [1.82, 2.24) is 5.32 Å². The molecule has 1 aromatic rings. The lowest BCUT2D eigenvalue weighted by atomic mass is 9.99. The van der Waals surface area contributed by atoms with Crippen LogP contribution in [0.5, 0.6) is 0 Å². The van der Waals surface area contributed by atoms with Crippen LogP contribution in [0.15, 0.2) is 18.2 Å². The number of hydrogen-bond donors (Lipinski definition) is 3. The Morgan fingerprint density at radius 3 is 2.83 bits per heavy atom. The summed E-state index contributed by atoms with van der Waals surface area (Å²) in [6, 6.07) is 4.71. The Bertz CT molecular complexity index is 499. The summed E-state index contributed by atoms with van der Waals surface area (Å²) >= 11 is 0. The fourth-order valence-corrected chi connectivity index (χ4v) is 1.85. The summed E-state index contributed by atoms with van der Waals surface area (Å²) in [6.07, 6.45) is -3.09. The van der Waals surface area contributed by atoms with Crippen LogP contribution in [0.3, 0.4) is 0 Å². The molecule has 1 heterocycles. The van der Waals surface area contributed by atoms with Gasteiger partial charge in [0.2, 0.25) is 0 Å². The SMILES string of the molecule is COC(=O)C(O)C(O)c1ccc2c(c1)C(=O)NC2. The zero-order chi connectivity index (χ0) is 13.3. The molecule has 3 N–H and O–H groups in total. The first-order valence-corrected chi connectivity index (χ1v) is 5.39. The van der Waals surface area contributed by atoms with E-state index in [9.17, 15) is 19.8 Å². The van der Waals surface area contributed by atoms with E-state index in [1.165, 1.54) is 6.07 Å². The summed E-state index contributed by atoms with van der Waals surface area (Å²) in [7, 11) is 1.12. The van der Waals surface area contributed by atoms with E-state index in [2.05, 4.69) is 10.1 Å². The van der Waals surface area contributed by atoms with Gasteiger partial charge in [-0.3, -0.25) is 4.79 Å². The summed E-state index contributed by atoms with van der Waals surface area (Å²) in [5.74, 6) is -1.15. The van der Waals surface area contributed by atoms with Crippen molar-refractivity contribution in [3.8, 4) is 0 Å². The first kappa shape index (κ1) is 12.5. The molecule has 96 valence electrons. The smallest absolute Gasteiger partial charge is 0.337 e. The number of aliphatic hydroxyl groups is 2. The molecule has 2 unspecified atom stereocenters. The number of methoxy groups -OCH3 is 1. The van der Waals surface area contributed by atoms with Gasteiger partial charge in [0.25, 0.3) is 5.91 Å². The number of aliphatic hydroxyl groups excluding tert-OH is 2. The van der Waals surface area contributed by atoms with Gasteiger partial charge in [-0.05, 0) is 17.2 Å². The standard InChI is InChI=1S/C12H13NO5/c1-18-12(17)10(15)9(14)6-2-3-7-5-13-11(16)8(7)4-6/h2-4,9-10,14-15H,5H2,1H3,(H,13,16). The molecule has 1 aliphatic heterocycles. The second-order valence-corrected chi connectivity index (χ2v) is 4.01. The predicted octanol–water partition coefficient (Wildman–Crippen LogP) is -0.503. The average Bonchev–Trinajstić information content (AvgIpc) is 2.77. The van der Waals surface area contributed by atoms with Crippen LogP contribution in [-0.4, -0.2) is 35.3 Å². The molecule has 18 heavy (non-hydrogen) atoms. The van der Waals surface area contributed by atoms with Gasteiger partial charge in [0.15, 0.2) is 6.10 Å². The summed E-state index contributed by atoms with van der Waals surface area (Å²) < 4.78 is 4.34. The highest BCUT2D eigenvalue weighted by molar-refractivity contribution is 5.98. The van der Waals surface area contributed by atoms with E-state index in [1.54, 1.807) is 12.1 Å². The average molecular weight is 251 g/mol. The van der Waals surface area contributed by atoms with Crippen molar-refractivity contribution in [2.24, 2.45) is 0 Å². The van der Waals surface area contributed by atoms with Gasteiger partial charge in [-0.1, -0.05) is 12.1 Å². The maximum absolute atomic E-state index is 11.5. The first-order chi connectivity index (χ1) is 8.54. The minimum atomic E-state index is -1.67. The van der Waals surface area contributed by atoms with Crippen molar-refractivity contribution in [2.45, 2.75) is 18.8 Å². The Morgan fingerprint density at radius 2 is 2.17 bits per heavy atom. The highest BCUT2D eigenvalue weighted by Crippen LogP contribution is 2.23. The Morgan fingerprint density at radius 1 is 1.44 bits per heavy atom. The number of amides is 1. The third-order valence-electron chi connectivity index (χ3n) is 2.90.